The highest BCUT2D eigenvalue weighted by molar-refractivity contribution is 5.91. The lowest BCUT2D eigenvalue weighted by atomic mass is 10.4. The van der Waals surface area contributed by atoms with Gasteiger partial charge in [0.2, 0.25) is 5.91 Å². The molecule has 2 rings (SSSR count). The van der Waals surface area contributed by atoms with Crippen molar-refractivity contribution < 1.29 is 14.0 Å². The van der Waals surface area contributed by atoms with E-state index in [0.717, 1.165) is 0 Å². The van der Waals surface area contributed by atoms with E-state index in [9.17, 15) is 9.59 Å². The number of hydrogen-bond donors (Lipinski definition) is 3. The molecule has 3 amide bonds. The molecule has 0 aromatic carbocycles. The van der Waals surface area contributed by atoms with Gasteiger partial charge in [-0.1, -0.05) is 6.07 Å². The summed E-state index contributed by atoms with van der Waals surface area (Å²) in [6.07, 6.45) is 1.72. The van der Waals surface area contributed by atoms with Crippen LogP contribution in [-0.4, -0.2) is 28.5 Å². The van der Waals surface area contributed by atoms with E-state index < -0.39 is 6.03 Å². The highest BCUT2D eigenvalue weighted by atomic mass is 16.4. The van der Waals surface area contributed by atoms with Crippen molar-refractivity contribution in [2.75, 3.05) is 17.2 Å². The van der Waals surface area contributed by atoms with Crippen LogP contribution in [-0.2, 0) is 4.79 Å². The number of carbonyl (C=O) groups excluding carboxylic acids is 2. The van der Waals surface area contributed by atoms with Crippen LogP contribution < -0.4 is 16.0 Å². The lowest BCUT2D eigenvalue weighted by molar-refractivity contribution is -0.116. The number of nitrogens with zero attached hydrogens (tertiary/aromatic N) is 2. The molecule has 0 aliphatic rings. The fourth-order valence-corrected chi connectivity index (χ4v) is 1.60. The summed E-state index contributed by atoms with van der Waals surface area (Å²) in [4.78, 5) is 31.3. The molecule has 22 heavy (non-hydrogen) atoms. The molecule has 0 saturated carbocycles. The third-order valence-corrected chi connectivity index (χ3v) is 2.82. The summed E-state index contributed by atoms with van der Waals surface area (Å²) in [5.41, 5.74) is 0.713. The van der Waals surface area contributed by atoms with Crippen LogP contribution in [0.5, 0.6) is 0 Å². The van der Waals surface area contributed by atoms with Gasteiger partial charge in [-0.05, 0) is 26.0 Å². The summed E-state index contributed by atoms with van der Waals surface area (Å²) in [6, 6.07) is 4.87. The second-order valence-electron chi connectivity index (χ2n) is 4.55. The molecule has 0 radical (unpaired) electrons. The average molecular weight is 303 g/mol. The van der Waals surface area contributed by atoms with E-state index >= 15 is 0 Å². The van der Waals surface area contributed by atoms with Crippen LogP contribution >= 0.6 is 0 Å². The number of amides is 3. The monoisotopic (exact) mass is 303 g/mol. The second-order valence-corrected chi connectivity index (χ2v) is 4.55. The Kier molecular flexibility index (Phi) is 5.07. The largest absolute Gasteiger partial charge is 0.428 e. The van der Waals surface area contributed by atoms with Crippen LogP contribution in [0.1, 0.15) is 17.9 Å². The van der Waals surface area contributed by atoms with Gasteiger partial charge in [-0.2, -0.15) is 4.98 Å². The number of pyridine rings is 1. The van der Waals surface area contributed by atoms with Crippen molar-refractivity contribution in [1.29, 1.82) is 0 Å². The zero-order valence-corrected chi connectivity index (χ0v) is 12.3. The molecule has 0 aliphatic heterocycles. The first-order valence-corrected chi connectivity index (χ1v) is 6.74. The minimum Gasteiger partial charge on any atom is -0.428 e. The van der Waals surface area contributed by atoms with E-state index in [1.165, 1.54) is 0 Å². The molecule has 0 atom stereocenters. The van der Waals surface area contributed by atoms with E-state index in [0.29, 0.717) is 17.3 Å². The standard InChI is InChI=1S/C14H17N5O3/c1-9-10(2)22-14(17-9)19-13(21)16-8-6-12(20)18-11-5-3-4-7-15-11/h3-5,7H,6,8H2,1-2H3,(H,15,18,20)(H2,16,17,19,21). The van der Waals surface area contributed by atoms with E-state index in [1.807, 2.05) is 0 Å². The Labute approximate surface area is 127 Å². The molecule has 3 N–H and O–H groups in total. The zero-order valence-electron chi connectivity index (χ0n) is 12.3. The fourth-order valence-electron chi connectivity index (χ4n) is 1.60. The molecule has 8 nitrogen and oxygen atoms in total. The quantitative estimate of drug-likeness (QED) is 0.780. The maximum absolute atomic E-state index is 11.6. The third-order valence-electron chi connectivity index (χ3n) is 2.82. The molecule has 8 heteroatoms. The van der Waals surface area contributed by atoms with E-state index in [-0.39, 0.29) is 24.9 Å². The minimum atomic E-state index is -0.480. The summed E-state index contributed by atoms with van der Waals surface area (Å²) in [5, 5.41) is 7.62. The van der Waals surface area contributed by atoms with Gasteiger partial charge in [-0.25, -0.2) is 9.78 Å². The van der Waals surface area contributed by atoms with Gasteiger partial charge < -0.3 is 15.1 Å². The van der Waals surface area contributed by atoms with Crippen molar-refractivity contribution in [2.24, 2.45) is 0 Å². The summed E-state index contributed by atoms with van der Waals surface area (Å²) < 4.78 is 5.22. The van der Waals surface area contributed by atoms with Gasteiger partial charge in [0.1, 0.15) is 11.6 Å². The number of oxazole rings is 1. The Balaban J connectivity index is 1.69. The van der Waals surface area contributed by atoms with Crippen LogP contribution in [0, 0.1) is 13.8 Å². The van der Waals surface area contributed by atoms with Gasteiger partial charge >= 0.3 is 12.0 Å². The Hall–Kier alpha value is -2.90. The Bertz CT molecular complexity index is 634. The molecule has 2 aromatic rings. The number of urea groups is 1. The number of aryl methyl sites for hydroxylation is 2. The van der Waals surface area contributed by atoms with E-state index in [1.54, 1.807) is 38.2 Å². The number of nitrogens with one attached hydrogen (secondary N) is 3. The molecular formula is C14H17N5O3. The molecule has 0 fully saturated rings. The van der Waals surface area contributed by atoms with Crippen LogP contribution in [0.2, 0.25) is 0 Å². The predicted molar refractivity (Wildman–Crippen MR) is 80.5 cm³/mol. The van der Waals surface area contributed by atoms with Crippen molar-refractivity contribution in [1.82, 2.24) is 15.3 Å². The Morgan fingerprint density at radius 1 is 1.23 bits per heavy atom. The normalized spacial score (nSPS) is 10.1. The molecule has 2 heterocycles. The van der Waals surface area contributed by atoms with Crippen molar-refractivity contribution in [3.8, 4) is 0 Å². The van der Waals surface area contributed by atoms with Crippen molar-refractivity contribution in [3.05, 3.63) is 35.9 Å². The van der Waals surface area contributed by atoms with Gasteiger partial charge in [0, 0.05) is 19.2 Å². The summed E-state index contributed by atoms with van der Waals surface area (Å²) in [5.74, 6) is 0.884. The zero-order chi connectivity index (χ0) is 15.9. The summed E-state index contributed by atoms with van der Waals surface area (Å²) >= 11 is 0. The molecule has 116 valence electrons. The molecule has 0 aliphatic carbocycles. The van der Waals surface area contributed by atoms with Crippen molar-refractivity contribution in [3.63, 3.8) is 0 Å². The van der Waals surface area contributed by atoms with Crippen LogP contribution in [0.25, 0.3) is 0 Å². The van der Waals surface area contributed by atoms with Gasteiger partial charge in [0.15, 0.2) is 0 Å². The summed E-state index contributed by atoms with van der Waals surface area (Å²) in [7, 11) is 0. The van der Waals surface area contributed by atoms with E-state index in [2.05, 4.69) is 25.9 Å². The lowest BCUT2D eigenvalue weighted by Crippen LogP contribution is -2.31. The molecule has 0 saturated heterocycles. The lowest BCUT2D eigenvalue weighted by Gasteiger charge is -2.05. The van der Waals surface area contributed by atoms with Crippen molar-refractivity contribution in [2.45, 2.75) is 20.3 Å². The number of hydrogen-bond acceptors (Lipinski definition) is 5. The predicted octanol–water partition coefficient (Wildman–Crippen LogP) is 1.84. The van der Waals surface area contributed by atoms with E-state index in [4.69, 9.17) is 4.42 Å². The topological polar surface area (TPSA) is 109 Å². The summed E-state index contributed by atoms with van der Waals surface area (Å²) in [6.45, 7) is 3.72. The Morgan fingerprint density at radius 3 is 2.68 bits per heavy atom. The number of anilines is 2. The fraction of sp³-hybridized carbons (Fsp3) is 0.286. The second kappa shape index (κ2) is 7.21. The molecule has 2 aromatic heterocycles. The van der Waals surface area contributed by atoms with Gasteiger partial charge in [0.25, 0.3) is 0 Å². The maximum Gasteiger partial charge on any atom is 0.322 e. The first kappa shape index (κ1) is 15.5. The van der Waals surface area contributed by atoms with Gasteiger partial charge in [0.05, 0.1) is 5.69 Å². The number of carbonyl (C=O) groups is 2. The van der Waals surface area contributed by atoms with Crippen LogP contribution in [0.3, 0.4) is 0 Å². The Morgan fingerprint density at radius 2 is 2.05 bits per heavy atom. The highest BCUT2D eigenvalue weighted by Gasteiger charge is 2.09. The SMILES string of the molecule is Cc1nc(NC(=O)NCCC(=O)Nc2ccccn2)oc1C. The van der Waals surface area contributed by atoms with Gasteiger partial charge in [-0.15, -0.1) is 0 Å². The molecular weight excluding hydrogens is 286 g/mol. The maximum atomic E-state index is 11.6. The van der Waals surface area contributed by atoms with Crippen molar-refractivity contribution >= 4 is 23.8 Å². The first-order chi connectivity index (χ1) is 10.5. The molecule has 0 unspecified atom stereocenters. The first-order valence-electron chi connectivity index (χ1n) is 6.74. The number of rotatable bonds is 5. The molecule has 0 spiro atoms. The van der Waals surface area contributed by atoms with Gasteiger partial charge in [-0.3, -0.25) is 10.1 Å². The average Bonchev–Trinajstić information content (AvgIpc) is 2.78. The van der Waals surface area contributed by atoms with Crippen LogP contribution in [0.4, 0.5) is 16.6 Å². The number of aromatic nitrogens is 2. The highest BCUT2D eigenvalue weighted by Crippen LogP contribution is 2.12. The minimum absolute atomic E-state index is 0.130. The van der Waals surface area contributed by atoms with Crippen LogP contribution in [0.15, 0.2) is 28.8 Å². The molecule has 0 bridgehead atoms. The smallest absolute Gasteiger partial charge is 0.322 e. The third kappa shape index (κ3) is 4.58.